The van der Waals surface area contributed by atoms with Crippen LogP contribution in [0.4, 0.5) is 0 Å². The molecule has 0 aliphatic rings. The topological polar surface area (TPSA) is 26.3 Å². The number of hydrogen-bond acceptors (Lipinski definition) is 2. The molecule has 0 aliphatic carbocycles. The Kier molecular flexibility index (Phi) is 6.31. The Hall–Kier alpha value is -1.75. The minimum absolute atomic E-state index is 0.0988. The van der Waals surface area contributed by atoms with Gasteiger partial charge in [-0.2, -0.15) is 0 Å². The zero-order valence-corrected chi connectivity index (χ0v) is 13.0. The molecule has 108 valence electrons. The second kappa shape index (κ2) is 7.75. The summed E-state index contributed by atoms with van der Waals surface area (Å²) in [6.07, 6.45) is 4.10. The minimum Gasteiger partial charge on any atom is -0.417 e. The molecule has 0 N–H and O–H groups in total. The van der Waals surface area contributed by atoms with Crippen molar-refractivity contribution in [3.8, 4) is 17.6 Å². The third-order valence-corrected chi connectivity index (χ3v) is 3.03. The van der Waals surface area contributed by atoms with Gasteiger partial charge in [0.25, 0.3) is 0 Å². The summed E-state index contributed by atoms with van der Waals surface area (Å²) in [7, 11) is 0. The van der Waals surface area contributed by atoms with Crippen LogP contribution in [0.1, 0.15) is 58.9 Å². The molecule has 0 aromatic heterocycles. The van der Waals surface area contributed by atoms with E-state index >= 15 is 0 Å². The van der Waals surface area contributed by atoms with Gasteiger partial charge in [-0.1, -0.05) is 58.6 Å². The van der Waals surface area contributed by atoms with Gasteiger partial charge in [0.1, 0.15) is 5.75 Å². The highest BCUT2D eigenvalue weighted by Gasteiger charge is 2.13. The Balaban J connectivity index is 2.50. The zero-order valence-electron chi connectivity index (χ0n) is 13.0. The Morgan fingerprint density at radius 3 is 2.35 bits per heavy atom. The fourth-order valence-electron chi connectivity index (χ4n) is 1.75. The first kappa shape index (κ1) is 16.3. The lowest BCUT2D eigenvalue weighted by molar-refractivity contribution is -0.128. The third kappa shape index (κ3) is 5.93. The van der Waals surface area contributed by atoms with Crippen LogP contribution in [0.2, 0.25) is 0 Å². The minimum atomic E-state index is -0.481. The van der Waals surface area contributed by atoms with Crippen molar-refractivity contribution in [3.05, 3.63) is 29.8 Å². The maximum atomic E-state index is 11.5. The first-order valence-electron chi connectivity index (χ1n) is 7.24. The van der Waals surface area contributed by atoms with E-state index in [1.807, 2.05) is 24.3 Å². The Morgan fingerprint density at radius 2 is 1.80 bits per heavy atom. The first-order chi connectivity index (χ1) is 9.43. The van der Waals surface area contributed by atoms with Gasteiger partial charge in [-0.25, -0.2) is 4.79 Å². The number of carbonyl (C=O) groups excluding carboxylic acids is 1. The predicted octanol–water partition coefficient (Wildman–Crippen LogP) is 4.47. The van der Waals surface area contributed by atoms with Gasteiger partial charge >= 0.3 is 5.97 Å². The van der Waals surface area contributed by atoms with Gasteiger partial charge in [-0.05, 0) is 29.5 Å². The lowest BCUT2D eigenvalue weighted by Crippen LogP contribution is -2.11. The van der Waals surface area contributed by atoms with Crippen molar-refractivity contribution in [1.82, 2.24) is 0 Å². The van der Waals surface area contributed by atoms with Crippen molar-refractivity contribution in [2.45, 2.75) is 58.8 Å². The van der Waals surface area contributed by atoms with Crippen molar-refractivity contribution < 1.29 is 9.53 Å². The van der Waals surface area contributed by atoms with Gasteiger partial charge < -0.3 is 4.74 Å². The van der Waals surface area contributed by atoms with Crippen LogP contribution in [0.15, 0.2) is 24.3 Å². The lowest BCUT2D eigenvalue weighted by atomic mass is 9.87. The molecule has 1 rings (SSSR count). The molecule has 0 saturated carbocycles. The molecule has 0 heterocycles. The molecular formula is C18H24O2. The molecule has 1 aromatic carbocycles. The van der Waals surface area contributed by atoms with Crippen LogP contribution in [-0.4, -0.2) is 5.97 Å². The molecule has 0 aliphatic heterocycles. The molecule has 2 nitrogen and oxygen atoms in total. The van der Waals surface area contributed by atoms with Gasteiger partial charge in [-0.3, -0.25) is 0 Å². The molecule has 0 spiro atoms. The SMILES string of the molecule is CCCCCC#CC(=O)Oc1ccc(C(C)(C)C)cc1. The van der Waals surface area contributed by atoms with Crippen molar-refractivity contribution in [2.24, 2.45) is 0 Å². The maximum absolute atomic E-state index is 11.5. The quantitative estimate of drug-likeness (QED) is 0.266. The normalized spacial score (nSPS) is 10.6. The van der Waals surface area contributed by atoms with E-state index < -0.39 is 5.97 Å². The van der Waals surface area contributed by atoms with Crippen molar-refractivity contribution >= 4 is 5.97 Å². The molecule has 2 heteroatoms. The number of ether oxygens (including phenoxy) is 1. The molecule has 0 amide bonds. The van der Waals surface area contributed by atoms with Gasteiger partial charge in [0.2, 0.25) is 0 Å². The smallest absolute Gasteiger partial charge is 0.389 e. The van der Waals surface area contributed by atoms with Crippen LogP contribution in [0, 0.1) is 11.8 Å². The predicted molar refractivity (Wildman–Crippen MR) is 82.7 cm³/mol. The Labute approximate surface area is 122 Å². The molecule has 20 heavy (non-hydrogen) atoms. The summed E-state index contributed by atoms with van der Waals surface area (Å²) < 4.78 is 5.18. The molecule has 0 bridgehead atoms. The summed E-state index contributed by atoms with van der Waals surface area (Å²) in [5, 5.41) is 0. The Morgan fingerprint density at radius 1 is 1.15 bits per heavy atom. The molecular weight excluding hydrogens is 248 g/mol. The van der Waals surface area contributed by atoms with Crippen LogP contribution in [-0.2, 0) is 10.2 Å². The van der Waals surface area contributed by atoms with Crippen molar-refractivity contribution in [3.63, 3.8) is 0 Å². The number of esters is 1. The van der Waals surface area contributed by atoms with Gasteiger partial charge in [-0.15, -0.1) is 0 Å². The number of carbonyl (C=O) groups is 1. The summed E-state index contributed by atoms with van der Waals surface area (Å²) in [6, 6.07) is 7.60. The molecule has 0 fully saturated rings. The van der Waals surface area contributed by atoms with Crippen LogP contribution >= 0.6 is 0 Å². The van der Waals surface area contributed by atoms with E-state index in [1.165, 1.54) is 5.56 Å². The van der Waals surface area contributed by atoms with Crippen LogP contribution in [0.5, 0.6) is 5.75 Å². The van der Waals surface area contributed by atoms with E-state index in [1.54, 1.807) is 0 Å². The van der Waals surface area contributed by atoms with Crippen molar-refractivity contribution in [2.75, 3.05) is 0 Å². The number of benzene rings is 1. The monoisotopic (exact) mass is 272 g/mol. The highest BCUT2D eigenvalue weighted by molar-refractivity contribution is 5.90. The number of unbranched alkanes of at least 4 members (excludes halogenated alkanes) is 3. The highest BCUT2D eigenvalue weighted by atomic mass is 16.5. The maximum Gasteiger partial charge on any atom is 0.389 e. The largest absolute Gasteiger partial charge is 0.417 e. The van der Waals surface area contributed by atoms with E-state index in [9.17, 15) is 4.79 Å². The van der Waals surface area contributed by atoms with Crippen molar-refractivity contribution in [1.29, 1.82) is 0 Å². The first-order valence-corrected chi connectivity index (χ1v) is 7.24. The van der Waals surface area contributed by atoms with Crippen LogP contribution in [0.25, 0.3) is 0 Å². The lowest BCUT2D eigenvalue weighted by Gasteiger charge is -2.18. The van der Waals surface area contributed by atoms with Crippen LogP contribution in [0.3, 0.4) is 0 Å². The summed E-state index contributed by atoms with van der Waals surface area (Å²) in [5.41, 5.74) is 1.31. The second-order valence-corrected chi connectivity index (χ2v) is 5.92. The molecule has 0 radical (unpaired) electrons. The number of hydrogen-bond donors (Lipinski definition) is 0. The standard InChI is InChI=1S/C18H24O2/c1-5-6-7-8-9-10-17(19)20-16-13-11-15(12-14-16)18(2,3)4/h11-14H,5-8H2,1-4H3. The molecule has 0 unspecified atom stereocenters. The molecule has 0 saturated heterocycles. The van der Waals surface area contributed by atoms with Gasteiger partial charge in [0.05, 0.1) is 0 Å². The van der Waals surface area contributed by atoms with E-state index in [0.29, 0.717) is 5.75 Å². The summed E-state index contributed by atoms with van der Waals surface area (Å²) >= 11 is 0. The van der Waals surface area contributed by atoms with E-state index in [0.717, 1.165) is 25.7 Å². The summed E-state index contributed by atoms with van der Waals surface area (Å²) in [5.74, 6) is 5.44. The molecule has 1 aromatic rings. The average molecular weight is 272 g/mol. The van der Waals surface area contributed by atoms with E-state index in [2.05, 4.69) is 39.5 Å². The van der Waals surface area contributed by atoms with Gasteiger partial charge in [0.15, 0.2) is 0 Å². The molecule has 0 atom stereocenters. The highest BCUT2D eigenvalue weighted by Crippen LogP contribution is 2.24. The fourth-order valence-corrected chi connectivity index (χ4v) is 1.75. The van der Waals surface area contributed by atoms with E-state index in [4.69, 9.17) is 4.74 Å². The zero-order chi connectivity index (χ0) is 15.0. The average Bonchev–Trinajstić information content (AvgIpc) is 2.38. The summed E-state index contributed by atoms with van der Waals surface area (Å²) in [6.45, 7) is 8.59. The summed E-state index contributed by atoms with van der Waals surface area (Å²) in [4.78, 5) is 11.5. The van der Waals surface area contributed by atoms with E-state index in [-0.39, 0.29) is 5.41 Å². The van der Waals surface area contributed by atoms with Crippen LogP contribution < -0.4 is 4.74 Å². The second-order valence-electron chi connectivity index (χ2n) is 5.92. The number of rotatable bonds is 4. The third-order valence-electron chi connectivity index (χ3n) is 3.03. The Bertz CT molecular complexity index is 481. The fraction of sp³-hybridized carbons (Fsp3) is 0.500. The van der Waals surface area contributed by atoms with Gasteiger partial charge in [0, 0.05) is 12.3 Å².